The second-order valence-corrected chi connectivity index (χ2v) is 4.13. The summed E-state index contributed by atoms with van der Waals surface area (Å²) in [6, 6.07) is 10.1. The molecule has 0 unspecified atom stereocenters. The highest BCUT2D eigenvalue weighted by molar-refractivity contribution is 6.30. The first kappa shape index (κ1) is 11.0. The van der Waals surface area contributed by atoms with Crippen LogP contribution >= 0.6 is 11.6 Å². The van der Waals surface area contributed by atoms with E-state index in [0.29, 0.717) is 16.3 Å². The lowest BCUT2D eigenvalue weighted by molar-refractivity contribution is 0.631. The van der Waals surface area contributed by atoms with Gasteiger partial charge in [0.1, 0.15) is 5.82 Å². The van der Waals surface area contributed by atoms with Gasteiger partial charge in [-0.15, -0.1) is 0 Å². The number of halogens is 2. The fourth-order valence-corrected chi connectivity index (χ4v) is 1.80. The van der Waals surface area contributed by atoms with Crippen molar-refractivity contribution in [2.75, 3.05) is 5.73 Å². The molecule has 3 heteroatoms. The number of nitrogens with two attached hydrogens (primary N) is 1. The normalized spacial score (nSPS) is 10.4. The Morgan fingerprint density at radius 3 is 2.50 bits per heavy atom. The van der Waals surface area contributed by atoms with Gasteiger partial charge in [-0.3, -0.25) is 0 Å². The molecule has 0 fully saturated rings. The minimum atomic E-state index is -0.332. The first-order chi connectivity index (χ1) is 7.58. The van der Waals surface area contributed by atoms with Crippen LogP contribution in [-0.4, -0.2) is 0 Å². The predicted molar refractivity (Wildman–Crippen MR) is 66.0 cm³/mol. The van der Waals surface area contributed by atoms with Crippen LogP contribution < -0.4 is 5.73 Å². The van der Waals surface area contributed by atoms with Crippen LogP contribution in [0.5, 0.6) is 0 Å². The van der Waals surface area contributed by atoms with Gasteiger partial charge in [0.2, 0.25) is 0 Å². The third-order valence-electron chi connectivity index (χ3n) is 2.48. The molecular weight excluding hydrogens is 225 g/mol. The van der Waals surface area contributed by atoms with Gasteiger partial charge in [0, 0.05) is 16.3 Å². The average molecular weight is 236 g/mol. The zero-order chi connectivity index (χ0) is 11.7. The summed E-state index contributed by atoms with van der Waals surface area (Å²) >= 11 is 5.71. The van der Waals surface area contributed by atoms with E-state index in [9.17, 15) is 4.39 Å². The molecule has 0 spiro atoms. The number of hydrogen-bond donors (Lipinski definition) is 1. The highest BCUT2D eigenvalue weighted by Gasteiger charge is 2.08. The van der Waals surface area contributed by atoms with Gasteiger partial charge in [0.05, 0.1) is 0 Å². The van der Waals surface area contributed by atoms with E-state index in [-0.39, 0.29) is 5.82 Å². The second-order valence-electron chi connectivity index (χ2n) is 3.70. The lowest BCUT2D eigenvalue weighted by atomic mass is 9.99. The third-order valence-corrected chi connectivity index (χ3v) is 2.72. The molecule has 0 radical (unpaired) electrons. The molecule has 2 aromatic rings. The van der Waals surface area contributed by atoms with E-state index >= 15 is 0 Å². The first-order valence-corrected chi connectivity index (χ1v) is 5.27. The summed E-state index contributed by atoms with van der Waals surface area (Å²) in [5, 5.41) is 0.391. The van der Waals surface area contributed by atoms with Crippen molar-refractivity contribution >= 4 is 17.3 Å². The van der Waals surface area contributed by atoms with E-state index in [0.717, 1.165) is 11.1 Å². The van der Waals surface area contributed by atoms with Crippen molar-refractivity contribution < 1.29 is 4.39 Å². The minimum absolute atomic E-state index is 0.332. The molecule has 2 rings (SSSR count). The summed E-state index contributed by atoms with van der Waals surface area (Å²) in [5.74, 6) is -0.332. The van der Waals surface area contributed by atoms with Crippen molar-refractivity contribution in [2.24, 2.45) is 0 Å². The highest BCUT2D eigenvalue weighted by atomic mass is 35.5. The van der Waals surface area contributed by atoms with Gasteiger partial charge in [0.25, 0.3) is 0 Å². The minimum Gasteiger partial charge on any atom is -0.399 e. The Morgan fingerprint density at radius 2 is 1.81 bits per heavy atom. The van der Waals surface area contributed by atoms with Crippen LogP contribution in [0, 0.1) is 12.7 Å². The van der Waals surface area contributed by atoms with Crippen LogP contribution in [0.1, 0.15) is 5.56 Å². The number of aryl methyl sites for hydroxylation is 1. The summed E-state index contributed by atoms with van der Waals surface area (Å²) in [4.78, 5) is 0. The van der Waals surface area contributed by atoms with Crippen LogP contribution in [0.25, 0.3) is 11.1 Å². The van der Waals surface area contributed by atoms with Crippen molar-refractivity contribution in [3.8, 4) is 11.1 Å². The van der Waals surface area contributed by atoms with Gasteiger partial charge in [-0.1, -0.05) is 17.7 Å². The monoisotopic (exact) mass is 235 g/mol. The number of anilines is 1. The Hall–Kier alpha value is -1.54. The van der Waals surface area contributed by atoms with Gasteiger partial charge >= 0.3 is 0 Å². The Balaban J connectivity index is 2.62. The van der Waals surface area contributed by atoms with E-state index in [4.69, 9.17) is 17.3 Å². The Bertz CT molecular complexity index is 537. The summed E-state index contributed by atoms with van der Waals surface area (Å²) in [6.45, 7) is 1.92. The van der Waals surface area contributed by atoms with E-state index < -0.39 is 0 Å². The van der Waals surface area contributed by atoms with Crippen LogP contribution in [0.4, 0.5) is 10.1 Å². The molecule has 0 aromatic heterocycles. The van der Waals surface area contributed by atoms with Crippen molar-refractivity contribution in [3.63, 3.8) is 0 Å². The molecule has 0 saturated carbocycles. The van der Waals surface area contributed by atoms with Gasteiger partial charge in [0.15, 0.2) is 0 Å². The van der Waals surface area contributed by atoms with Crippen molar-refractivity contribution in [3.05, 3.63) is 52.8 Å². The molecule has 0 aliphatic carbocycles. The third kappa shape index (κ3) is 2.02. The molecule has 0 bridgehead atoms. The Labute approximate surface area is 98.7 Å². The summed E-state index contributed by atoms with van der Waals surface area (Å²) < 4.78 is 13.7. The number of hydrogen-bond acceptors (Lipinski definition) is 1. The lowest BCUT2D eigenvalue weighted by Crippen LogP contribution is -1.91. The summed E-state index contributed by atoms with van der Waals surface area (Å²) in [5.41, 5.74) is 8.62. The molecule has 2 aromatic carbocycles. The smallest absolute Gasteiger partial charge is 0.132 e. The molecule has 0 amide bonds. The molecule has 16 heavy (non-hydrogen) atoms. The lowest BCUT2D eigenvalue weighted by Gasteiger charge is -2.08. The molecule has 1 nitrogen and oxygen atoms in total. The van der Waals surface area contributed by atoms with Crippen LogP contribution in [-0.2, 0) is 0 Å². The molecule has 0 aliphatic heterocycles. The first-order valence-electron chi connectivity index (χ1n) is 4.89. The van der Waals surface area contributed by atoms with Crippen molar-refractivity contribution in [1.29, 1.82) is 0 Å². The molecule has 2 N–H and O–H groups in total. The molecule has 0 aliphatic rings. The van der Waals surface area contributed by atoms with Crippen LogP contribution in [0.2, 0.25) is 5.02 Å². The molecule has 82 valence electrons. The molecular formula is C13H11ClFN. The van der Waals surface area contributed by atoms with Gasteiger partial charge in [-0.25, -0.2) is 4.39 Å². The highest BCUT2D eigenvalue weighted by Crippen LogP contribution is 2.29. The fraction of sp³-hybridized carbons (Fsp3) is 0.0769. The summed E-state index contributed by atoms with van der Waals surface area (Å²) in [6.07, 6.45) is 0. The summed E-state index contributed by atoms with van der Waals surface area (Å²) in [7, 11) is 0. The zero-order valence-electron chi connectivity index (χ0n) is 8.80. The SMILES string of the molecule is Cc1ccc(N)cc1-c1ccc(Cl)cc1F. The van der Waals surface area contributed by atoms with Gasteiger partial charge in [-0.05, 0) is 48.4 Å². The molecule has 0 atom stereocenters. The maximum absolute atomic E-state index is 13.7. The maximum Gasteiger partial charge on any atom is 0.132 e. The predicted octanol–water partition coefficient (Wildman–Crippen LogP) is 4.04. The number of nitrogen functional groups attached to an aromatic ring is 1. The standard InChI is InChI=1S/C13H11ClFN/c1-8-2-4-10(16)7-12(8)11-5-3-9(14)6-13(11)15/h2-7H,16H2,1H3. The van der Waals surface area contributed by atoms with Gasteiger partial charge in [-0.2, -0.15) is 0 Å². The van der Waals surface area contributed by atoms with Crippen molar-refractivity contribution in [2.45, 2.75) is 6.92 Å². The number of benzene rings is 2. The van der Waals surface area contributed by atoms with E-state index in [1.165, 1.54) is 6.07 Å². The Morgan fingerprint density at radius 1 is 1.06 bits per heavy atom. The zero-order valence-corrected chi connectivity index (χ0v) is 9.55. The quantitative estimate of drug-likeness (QED) is 0.742. The topological polar surface area (TPSA) is 26.0 Å². The van der Waals surface area contributed by atoms with Crippen molar-refractivity contribution in [1.82, 2.24) is 0 Å². The van der Waals surface area contributed by atoms with Crippen LogP contribution in [0.3, 0.4) is 0 Å². The van der Waals surface area contributed by atoms with E-state index in [1.54, 1.807) is 24.3 Å². The average Bonchev–Trinajstić information content (AvgIpc) is 2.22. The maximum atomic E-state index is 13.7. The van der Waals surface area contributed by atoms with Gasteiger partial charge < -0.3 is 5.73 Å². The Kier molecular flexibility index (Phi) is 2.84. The number of rotatable bonds is 1. The molecule has 0 heterocycles. The van der Waals surface area contributed by atoms with E-state index in [2.05, 4.69) is 0 Å². The van der Waals surface area contributed by atoms with E-state index in [1.807, 2.05) is 13.0 Å². The second kappa shape index (κ2) is 4.14. The van der Waals surface area contributed by atoms with Crippen LogP contribution in [0.15, 0.2) is 36.4 Å². The fourth-order valence-electron chi connectivity index (χ4n) is 1.64. The molecule has 0 saturated heterocycles. The largest absolute Gasteiger partial charge is 0.399 e.